The highest BCUT2D eigenvalue weighted by molar-refractivity contribution is 8.01. The number of benzene rings is 1. The summed E-state index contributed by atoms with van der Waals surface area (Å²) >= 11 is 6.17. The van der Waals surface area contributed by atoms with Crippen LogP contribution in [-0.2, 0) is 11.2 Å². The van der Waals surface area contributed by atoms with Crippen LogP contribution in [0.15, 0.2) is 61.9 Å². The minimum Gasteiger partial charge on any atom is -0.325 e. The Morgan fingerprint density at radius 2 is 2.04 bits per heavy atom. The normalized spacial score (nSPS) is 10.8. The predicted octanol–water partition coefficient (Wildman–Crippen LogP) is 5.06. The number of nitrogens with zero attached hydrogens (tertiary/aromatic N) is 3. The summed E-state index contributed by atoms with van der Waals surface area (Å²) in [5.41, 5.74) is 3.24. The van der Waals surface area contributed by atoms with E-state index in [-0.39, 0.29) is 12.3 Å². The highest BCUT2D eigenvalue weighted by Gasteiger charge is 2.12. The fraction of sp³-hybridized carbons (Fsp3) is 0.0588. The summed E-state index contributed by atoms with van der Waals surface area (Å²) in [7, 11) is 0. The second-order valence-corrected chi connectivity index (χ2v) is 9.08. The van der Waals surface area contributed by atoms with E-state index >= 15 is 0 Å². The highest BCUT2D eigenvalue weighted by Crippen LogP contribution is 2.34. The number of anilines is 1. The van der Waals surface area contributed by atoms with Crippen LogP contribution in [0.1, 0.15) is 5.69 Å². The smallest absolute Gasteiger partial charge is 0.230 e. The van der Waals surface area contributed by atoms with Crippen LogP contribution in [0.2, 0.25) is 0 Å². The van der Waals surface area contributed by atoms with Gasteiger partial charge >= 0.3 is 0 Å². The van der Waals surface area contributed by atoms with Gasteiger partial charge in [-0.3, -0.25) is 4.79 Å². The monoisotopic (exact) mass is 416 g/mol. The number of hydrogen-bond donors (Lipinski definition) is 1. The highest BCUT2D eigenvalue weighted by atomic mass is 32.2. The van der Waals surface area contributed by atoms with Crippen molar-refractivity contribution in [2.45, 2.75) is 15.7 Å². The minimum absolute atomic E-state index is 0.0849. The Hall–Kier alpha value is -2.07. The number of rotatable bonds is 6. The Morgan fingerprint density at radius 3 is 2.85 bits per heavy atom. The fourth-order valence-electron chi connectivity index (χ4n) is 2.22. The maximum absolute atomic E-state index is 12.5. The summed E-state index contributed by atoms with van der Waals surface area (Å²) in [6.45, 7) is 0. The van der Waals surface area contributed by atoms with Crippen molar-refractivity contribution >= 4 is 57.4 Å². The van der Waals surface area contributed by atoms with Gasteiger partial charge in [-0.25, -0.2) is 4.98 Å². The maximum Gasteiger partial charge on any atom is 0.230 e. The van der Waals surface area contributed by atoms with E-state index in [1.54, 1.807) is 28.2 Å². The van der Waals surface area contributed by atoms with Gasteiger partial charge in [0.15, 0.2) is 4.34 Å². The second-order valence-electron chi connectivity index (χ2n) is 5.15. The van der Waals surface area contributed by atoms with Crippen molar-refractivity contribution < 1.29 is 4.79 Å². The average Bonchev–Trinajstić information content (AvgIpc) is 3.38. The molecule has 0 aliphatic heterocycles. The minimum atomic E-state index is -0.0849. The van der Waals surface area contributed by atoms with Crippen LogP contribution >= 0.6 is 45.8 Å². The van der Waals surface area contributed by atoms with E-state index in [0.29, 0.717) is 0 Å². The molecule has 3 aromatic heterocycles. The number of carbonyl (C=O) groups excluding carboxylic acids is 1. The Balaban J connectivity index is 1.44. The van der Waals surface area contributed by atoms with Gasteiger partial charge in [0.2, 0.25) is 5.91 Å². The van der Waals surface area contributed by atoms with Crippen molar-refractivity contribution in [3.05, 3.63) is 58.4 Å². The first-order chi connectivity index (χ1) is 12.8. The van der Waals surface area contributed by atoms with E-state index in [0.717, 1.165) is 30.5 Å². The number of hydrogen-bond acceptors (Lipinski definition) is 8. The van der Waals surface area contributed by atoms with E-state index in [9.17, 15) is 4.79 Å². The quantitative estimate of drug-likeness (QED) is 0.476. The van der Waals surface area contributed by atoms with Crippen molar-refractivity contribution in [3.63, 3.8) is 0 Å². The third-order valence-electron chi connectivity index (χ3n) is 3.32. The van der Waals surface area contributed by atoms with Crippen molar-refractivity contribution in [2.24, 2.45) is 0 Å². The number of nitrogens with one attached hydrogen (secondary N) is 1. The number of carbonyl (C=O) groups is 1. The van der Waals surface area contributed by atoms with Crippen molar-refractivity contribution in [3.8, 4) is 9.88 Å². The standard InChI is InChI=1S/C17H12N4OS4/c22-15(8-11-9-24-16(19-11)14-6-3-7-23-14)20-12-4-1-2-5-13(12)26-17-21-18-10-25-17/h1-7,9-10H,8H2,(H,20,22). The van der Waals surface area contributed by atoms with Crippen LogP contribution in [0.4, 0.5) is 5.69 Å². The van der Waals surface area contributed by atoms with Gasteiger partial charge in [-0.2, -0.15) is 0 Å². The second kappa shape index (κ2) is 8.09. The van der Waals surface area contributed by atoms with Gasteiger partial charge in [-0.1, -0.05) is 41.3 Å². The molecule has 4 aromatic rings. The van der Waals surface area contributed by atoms with Crippen LogP contribution in [0.25, 0.3) is 9.88 Å². The van der Waals surface area contributed by atoms with Gasteiger partial charge in [0.05, 0.1) is 22.7 Å². The van der Waals surface area contributed by atoms with Gasteiger partial charge in [-0.15, -0.1) is 32.9 Å². The molecule has 1 N–H and O–H groups in total. The Kier molecular flexibility index (Phi) is 5.40. The summed E-state index contributed by atoms with van der Waals surface area (Å²) in [5, 5.41) is 15.8. The lowest BCUT2D eigenvalue weighted by Gasteiger charge is -2.08. The first-order valence-corrected chi connectivity index (χ1v) is 11.0. The number of para-hydroxylation sites is 1. The molecular formula is C17H12N4OS4. The molecule has 0 bridgehead atoms. The molecule has 1 amide bonds. The molecule has 4 rings (SSSR count). The Morgan fingerprint density at radius 1 is 1.12 bits per heavy atom. The summed E-state index contributed by atoms with van der Waals surface area (Å²) in [5.74, 6) is -0.0849. The van der Waals surface area contributed by atoms with E-state index in [4.69, 9.17) is 0 Å². The molecule has 3 heterocycles. The molecule has 0 saturated heterocycles. The molecule has 0 aliphatic carbocycles. The van der Waals surface area contributed by atoms with E-state index < -0.39 is 0 Å². The zero-order chi connectivity index (χ0) is 17.8. The molecule has 0 fully saturated rings. The van der Waals surface area contributed by atoms with Crippen LogP contribution in [0.3, 0.4) is 0 Å². The lowest BCUT2D eigenvalue weighted by atomic mass is 10.3. The molecule has 0 saturated carbocycles. The summed E-state index contributed by atoms with van der Waals surface area (Å²) < 4.78 is 0.840. The largest absolute Gasteiger partial charge is 0.325 e. The SMILES string of the molecule is O=C(Cc1csc(-c2cccs2)n1)Nc1ccccc1Sc1nncs1. The molecule has 1 aromatic carbocycles. The number of aromatic nitrogens is 3. The van der Waals surface area contributed by atoms with Gasteiger partial charge < -0.3 is 5.32 Å². The first-order valence-electron chi connectivity index (χ1n) is 7.59. The number of thiophene rings is 1. The third-order valence-corrected chi connectivity index (χ3v) is 7.11. The summed E-state index contributed by atoms with van der Waals surface area (Å²) in [6, 6.07) is 11.7. The van der Waals surface area contributed by atoms with Crippen molar-refractivity contribution in [1.82, 2.24) is 15.2 Å². The van der Waals surface area contributed by atoms with Crippen LogP contribution < -0.4 is 5.32 Å². The van der Waals surface area contributed by atoms with Gasteiger partial charge in [0.25, 0.3) is 0 Å². The number of thiazole rings is 1. The van der Waals surface area contributed by atoms with E-state index in [2.05, 4.69) is 20.5 Å². The van der Waals surface area contributed by atoms with Gasteiger partial charge in [-0.05, 0) is 23.6 Å². The lowest BCUT2D eigenvalue weighted by Crippen LogP contribution is -2.15. The fourth-order valence-corrected chi connectivity index (χ4v) is 5.38. The van der Waals surface area contributed by atoms with Gasteiger partial charge in [0.1, 0.15) is 10.5 Å². The molecular weight excluding hydrogens is 404 g/mol. The zero-order valence-corrected chi connectivity index (χ0v) is 16.6. The van der Waals surface area contributed by atoms with Crippen molar-refractivity contribution in [1.29, 1.82) is 0 Å². The summed E-state index contributed by atoms with van der Waals surface area (Å²) in [6.07, 6.45) is 0.250. The molecule has 0 aliphatic rings. The van der Waals surface area contributed by atoms with Crippen LogP contribution in [0, 0.1) is 0 Å². The van der Waals surface area contributed by atoms with Crippen LogP contribution in [0.5, 0.6) is 0 Å². The average molecular weight is 417 g/mol. The Bertz CT molecular complexity index is 996. The lowest BCUT2D eigenvalue weighted by molar-refractivity contribution is -0.115. The Labute approximate surface area is 166 Å². The number of amides is 1. The maximum atomic E-state index is 12.5. The van der Waals surface area contributed by atoms with Gasteiger partial charge in [0, 0.05) is 10.3 Å². The molecule has 130 valence electrons. The van der Waals surface area contributed by atoms with Crippen LogP contribution in [-0.4, -0.2) is 21.1 Å². The molecule has 9 heteroatoms. The predicted molar refractivity (Wildman–Crippen MR) is 108 cm³/mol. The molecule has 0 unspecified atom stereocenters. The molecule has 0 atom stereocenters. The first kappa shape index (κ1) is 17.3. The van der Waals surface area contributed by atoms with E-state index in [1.807, 2.05) is 47.2 Å². The topological polar surface area (TPSA) is 67.8 Å². The van der Waals surface area contributed by atoms with E-state index in [1.165, 1.54) is 23.1 Å². The molecule has 0 radical (unpaired) electrons. The molecule has 26 heavy (non-hydrogen) atoms. The zero-order valence-electron chi connectivity index (χ0n) is 13.3. The molecule has 5 nitrogen and oxygen atoms in total. The molecule has 0 spiro atoms. The third kappa shape index (κ3) is 4.18. The van der Waals surface area contributed by atoms with Crippen molar-refractivity contribution in [2.75, 3.05) is 5.32 Å². The summed E-state index contributed by atoms with van der Waals surface area (Å²) in [4.78, 5) is 19.1.